The number of rotatable bonds is 44. The number of hydrogen-bond acceptors (Lipinski definition) is 7. The second-order valence-corrected chi connectivity index (χ2v) is 17.4. The van der Waals surface area contributed by atoms with Crippen molar-refractivity contribution in [1.82, 2.24) is 0 Å². The zero-order valence-corrected chi connectivity index (χ0v) is 38.1. The Balaban J connectivity index is 3.93. The fourth-order valence-electron chi connectivity index (χ4n) is 6.68. The van der Waals surface area contributed by atoms with Crippen LogP contribution in [-0.2, 0) is 32.7 Å². The molecule has 0 aromatic carbocycles. The fourth-order valence-corrected chi connectivity index (χ4v) is 7.14. The van der Waals surface area contributed by atoms with E-state index in [2.05, 4.69) is 54.8 Å². The molecule has 0 spiro atoms. The highest BCUT2D eigenvalue weighted by atomic mass is 31.2. The molecular formula is C48H89O8P. The van der Waals surface area contributed by atoms with E-state index in [-0.39, 0.29) is 25.4 Å². The Morgan fingerprint density at radius 3 is 1.25 bits per heavy atom. The van der Waals surface area contributed by atoms with Crippen LogP contribution in [0.2, 0.25) is 0 Å². The molecule has 0 bridgehead atoms. The predicted octanol–water partition coefficient (Wildman–Crippen LogP) is 15.2. The van der Waals surface area contributed by atoms with E-state index in [4.69, 9.17) is 14.0 Å². The van der Waals surface area contributed by atoms with Gasteiger partial charge in [-0.1, -0.05) is 185 Å². The van der Waals surface area contributed by atoms with Crippen molar-refractivity contribution < 1.29 is 37.6 Å². The first kappa shape index (κ1) is 55.3. The van der Waals surface area contributed by atoms with Crippen molar-refractivity contribution in [1.29, 1.82) is 0 Å². The van der Waals surface area contributed by atoms with Crippen LogP contribution >= 0.6 is 7.82 Å². The van der Waals surface area contributed by atoms with Gasteiger partial charge in [-0.2, -0.15) is 0 Å². The maximum Gasteiger partial charge on any atom is 0.472 e. The molecule has 0 aliphatic heterocycles. The van der Waals surface area contributed by atoms with E-state index in [0.29, 0.717) is 6.42 Å². The van der Waals surface area contributed by atoms with Crippen molar-refractivity contribution in [3.63, 3.8) is 0 Å². The zero-order valence-electron chi connectivity index (χ0n) is 37.2. The standard InChI is InChI=1S/C48H89O8P/c1-4-6-8-10-12-14-16-18-20-21-22-23-24-25-26-27-29-31-33-35-37-39-41-43-48(50)56-46(45-55-57(51,52)53-3)44-54-47(49)42-40-38-36-34-32-30-28-19-17-15-13-11-9-7-5-2/h16,18-19,21-22,28,46H,4-15,17,20,23-27,29-45H2,1-3H3,(H,51,52)/b18-16-,22-21-,28-19-. The molecular weight excluding hydrogens is 735 g/mol. The van der Waals surface area contributed by atoms with Gasteiger partial charge in [0.15, 0.2) is 6.10 Å². The van der Waals surface area contributed by atoms with Gasteiger partial charge in [0.2, 0.25) is 0 Å². The largest absolute Gasteiger partial charge is 0.472 e. The smallest absolute Gasteiger partial charge is 0.462 e. The highest BCUT2D eigenvalue weighted by Crippen LogP contribution is 2.42. The topological polar surface area (TPSA) is 108 Å². The number of hydrogen-bond donors (Lipinski definition) is 1. The number of ether oxygens (including phenoxy) is 2. The van der Waals surface area contributed by atoms with Crippen LogP contribution in [0, 0.1) is 0 Å². The number of allylic oxidation sites excluding steroid dienone is 6. The molecule has 9 heteroatoms. The first-order valence-corrected chi connectivity index (χ1v) is 25.2. The molecule has 8 nitrogen and oxygen atoms in total. The molecule has 0 heterocycles. The molecule has 0 amide bonds. The summed E-state index contributed by atoms with van der Waals surface area (Å²) in [6.45, 7) is 3.88. The van der Waals surface area contributed by atoms with Crippen LogP contribution in [0.15, 0.2) is 36.5 Å². The Bertz CT molecular complexity index is 1030. The van der Waals surface area contributed by atoms with Gasteiger partial charge in [0.05, 0.1) is 6.61 Å². The van der Waals surface area contributed by atoms with E-state index in [0.717, 1.165) is 64.9 Å². The maximum atomic E-state index is 12.5. The second-order valence-electron chi connectivity index (χ2n) is 15.9. The average Bonchev–Trinajstić information content (AvgIpc) is 3.20. The monoisotopic (exact) mass is 825 g/mol. The number of esters is 2. The summed E-state index contributed by atoms with van der Waals surface area (Å²) in [5.41, 5.74) is 0. The average molecular weight is 825 g/mol. The van der Waals surface area contributed by atoms with Crippen molar-refractivity contribution in [2.24, 2.45) is 0 Å². The van der Waals surface area contributed by atoms with Crippen LogP contribution in [-0.4, -0.2) is 43.3 Å². The lowest BCUT2D eigenvalue weighted by Gasteiger charge is -2.19. The lowest BCUT2D eigenvalue weighted by atomic mass is 10.0. The van der Waals surface area contributed by atoms with E-state index in [9.17, 15) is 19.0 Å². The van der Waals surface area contributed by atoms with E-state index in [1.54, 1.807) is 0 Å². The SMILES string of the molecule is CCCCCCC/C=C\C/C=C\CCCCCCCCCCCCCC(=O)OC(COC(=O)CCCCCCC/C=C\CCCCCCCC)COP(=O)(O)OC. The molecule has 0 radical (unpaired) electrons. The van der Waals surface area contributed by atoms with Crippen LogP contribution in [0.3, 0.4) is 0 Å². The summed E-state index contributed by atoms with van der Waals surface area (Å²) in [5.74, 6) is -0.809. The first-order chi connectivity index (χ1) is 27.8. The first-order valence-electron chi connectivity index (χ1n) is 23.7. The molecule has 334 valence electrons. The van der Waals surface area contributed by atoms with Crippen molar-refractivity contribution >= 4 is 19.8 Å². The van der Waals surface area contributed by atoms with E-state index < -0.39 is 26.5 Å². The number of phosphoric acid groups is 1. The minimum absolute atomic E-state index is 0.229. The Morgan fingerprint density at radius 1 is 0.491 bits per heavy atom. The summed E-state index contributed by atoms with van der Waals surface area (Å²) in [7, 11) is -3.20. The Hall–Kier alpha value is -1.73. The summed E-state index contributed by atoms with van der Waals surface area (Å²) < 4.78 is 32.1. The van der Waals surface area contributed by atoms with Gasteiger partial charge in [0, 0.05) is 20.0 Å². The van der Waals surface area contributed by atoms with Gasteiger partial charge in [0.25, 0.3) is 0 Å². The molecule has 1 N–H and O–H groups in total. The van der Waals surface area contributed by atoms with Crippen molar-refractivity contribution in [3.8, 4) is 0 Å². The second kappa shape index (κ2) is 43.8. The van der Waals surface area contributed by atoms with Gasteiger partial charge in [-0.15, -0.1) is 0 Å². The minimum atomic E-state index is -4.27. The third kappa shape index (κ3) is 43.7. The Kier molecular flexibility index (Phi) is 42.5. The Labute approximate surface area is 351 Å². The van der Waals surface area contributed by atoms with Crippen LogP contribution in [0.4, 0.5) is 0 Å². The van der Waals surface area contributed by atoms with Crippen molar-refractivity contribution in [2.45, 2.75) is 238 Å². The van der Waals surface area contributed by atoms with E-state index in [1.165, 1.54) is 141 Å². The van der Waals surface area contributed by atoms with Gasteiger partial charge in [-0.05, 0) is 70.6 Å². The molecule has 0 fully saturated rings. The van der Waals surface area contributed by atoms with Crippen LogP contribution in [0.25, 0.3) is 0 Å². The number of phosphoric ester groups is 1. The quantitative estimate of drug-likeness (QED) is 0.0280. The van der Waals surface area contributed by atoms with Crippen molar-refractivity contribution in [2.75, 3.05) is 20.3 Å². The zero-order chi connectivity index (χ0) is 41.8. The molecule has 0 aromatic rings. The summed E-state index contributed by atoms with van der Waals surface area (Å²) in [6.07, 6.45) is 52.0. The van der Waals surface area contributed by atoms with Crippen LogP contribution < -0.4 is 0 Å². The summed E-state index contributed by atoms with van der Waals surface area (Å²) in [5, 5.41) is 0. The fraction of sp³-hybridized carbons (Fsp3) is 0.833. The van der Waals surface area contributed by atoms with Gasteiger partial charge in [0.1, 0.15) is 6.61 Å². The molecule has 0 saturated heterocycles. The van der Waals surface area contributed by atoms with Gasteiger partial charge in [-0.25, -0.2) is 4.57 Å². The molecule has 0 aliphatic rings. The third-order valence-electron chi connectivity index (χ3n) is 10.4. The molecule has 0 saturated carbocycles. The highest BCUT2D eigenvalue weighted by Gasteiger charge is 2.24. The lowest BCUT2D eigenvalue weighted by Crippen LogP contribution is -2.29. The van der Waals surface area contributed by atoms with Crippen molar-refractivity contribution in [3.05, 3.63) is 36.5 Å². The number of carbonyl (C=O) groups excluding carboxylic acids is 2. The normalized spacial score (nSPS) is 13.5. The Morgan fingerprint density at radius 2 is 0.842 bits per heavy atom. The van der Waals surface area contributed by atoms with Crippen LogP contribution in [0.5, 0.6) is 0 Å². The number of unbranched alkanes of at least 4 members (excludes halogenated alkanes) is 27. The lowest BCUT2D eigenvalue weighted by molar-refractivity contribution is -0.161. The minimum Gasteiger partial charge on any atom is -0.462 e. The van der Waals surface area contributed by atoms with Gasteiger partial charge >= 0.3 is 19.8 Å². The summed E-state index contributed by atoms with van der Waals surface area (Å²) >= 11 is 0. The van der Waals surface area contributed by atoms with Crippen LogP contribution in [0.1, 0.15) is 232 Å². The van der Waals surface area contributed by atoms with E-state index in [1.807, 2.05) is 0 Å². The van der Waals surface area contributed by atoms with Gasteiger partial charge in [-0.3, -0.25) is 18.6 Å². The molecule has 2 atom stereocenters. The highest BCUT2D eigenvalue weighted by molar-refractivity contribution is 7.47. The summed E-state index contributed by atoms with van der Waals surface area (Å²) in [6, 6.07) is 0. The molecule has 0 aliphatic carbocycles. The van der Waals surface area contributed by atoms with E-state index >= 15 is 0 Å². The van der Waals surface area contributed by atoms with Gasteiger partial charge < -0.3 is 14.4 Å². The molecule has 57 heavy (non-hydrogen) atoms. The third-order valence-corrected chi connectivity index (χ3v) is 11.3. The summed E-state index contributed by atoms with van der Waals surface area (Å²) in [4.78, 5) is 34.5. The predicted molar refractivity (Wildman–Crippen MR) is 239 cm³/mol. The molecule has 2 unspecified atom stereocenters. The molecule has 0 aromatic heterocycles. The maximum absolute atomic E-state index is 12.5. The number of carbonyl (C=O) groups is 2. The molecule has 0 rings (SSSR count).